The molecule has 158 valence electrons. The Kier molecular flexibility index (Phi) is 7.84. The number of aliphatic hydroxyl groups excluding tert-OH is 7. The molecule has 2 fully saturated rings. The van der Waals surface area contributed by atoms with Gasteiger partial charge in [-0.25, -0.2) is 0 Å². The van der Waals surface area contributed by atoms with E-state index in [1.54, 1.807) is 0 Å². The molecule has 2 heterocycles. The van der Waals surface area contributed by atoms with Crippen LogP contribution in [0.15, 0.2) is 0 Å². The number of ether oxygens (including phenoxy) is 4. The molecular formula is C14H25NO12. The monoisotopic (exact) mass is 399 g/mol. The maximum atomic E-state index is 10.8. The fourth-order valence-electron chi connectivity index (χ4n) is 2.86. The molecule has 0 unspecified atom stereocenters. The van der Waals surface area contributed by atoms with E-state index in [4.69, 9.17) is 24.7 Å². The van der Waals surface area contributed by atoms with E-state index in [1.807, 2.05) is 0 Å². The molecular weight excluding hydrogens is 374 g/mol. The van der Waals surface area contributed by atoms with Crippen LogP contribution < -0.4 is 5.73 Å². The summed E-state index contributed by atoms with van der Waals surface area (Å²) in [6.07, 6.45) is -15.6. The Labute approximate surface area is 153 Å². The van der Waals surface area contributed by atoms with Gasteiger partial charge in [0, 0.05) is 0 Å². The molecule has 13 heteroatoms. The minimum atomic E-state index is -1.75. The lowest BCUT2D eigenvalue weighted by molar-refractivity contribution is -0.358. The summed E-state index contributed by atoms with van der Waals surface area (Å²) in [7, 11) is 0. The zero-order valence-electron chi connectivity index (χ0n) is 14.1. The maximum absolute atomic E-state index is 10.8. The molecule has 0 spiro atoms. The molecule has 2 saturated heterocycles. The van der Waals surface area contributed by atoms with Crippen molar-refractivity contribution in [1.82, 2.24) is 0 Å². The fourth-order valence-corrected chi connectivity index (χ4v) is 2.86. The van der Waals surface area contributed by atoms with Gasteiger partial charge in [0.2, 0.25) is 5.91 Å². The molecule has 0 saturated carbocycles. The Balaban J connectivity index is 2.09. The van der Waals surface area contributed by atoms with Crippen molar-refractivity contribution < 1.29 is 59.5 Å². The predicted octanol–water partition coefficient (Wildman–Crippen LogP) is -5.89. The molecule has 2 aliphatic heterocycles. The summed E-state index contributed by atoms with van der Waals surface area (Å²) in [6, 6.07) is 0. The minimum absolute atomic E-state index is 0.606. The number of hydrogen-bond donors (Lipinski definition) is 8. The molecule has 0 aromatic heterocycles. The summed E-state index contributed by atoms with van der Waals surface area (Å²) in [4.78, 5) is 10.8. The van der Waals surface area contributed by atoms with Gasteiger partial charge in [0.15, 0.2) is 12.6 Å². The second-order valence-corrected chi connectivity index (χ2v) is 6.28. The Hall–Kier alpha value is -0.970. The lowest BCUT2D eigenvalue weighted by Gasteiger charge is -2.45. The van der Waals surface area contributed by atoms with Gasteiger partial charge >= 0.3 is 0 Å². The van der Waals surface area contributed by atoms with E-state index in [2.05, 4.69) is 0 Å². The number of aliphatic hydroxyl groups is 7. The largest absolute Gasteiger partial charge is 0.394 e. The SMILES string of the molecule is NC(=O)CO[C@@H]1O[C@H](CO)[C@@H](O[C@@H]2O[C@H](CO)[C@@H](O)[C@H](O)[C@H]2O)[C@H](O)[C@H]1O. The highest BCUT2D eigenvalue weighted by molar-refractivity contribution is 5.75. The first-order valence-corrected chi connectivity index (χ1v) is 8.19. The average Bonchev–Trinajstić information content (AvgIpc) is 2.64. The summed E-state index contributed by atoms with van der Waals surface area (Å²) in [5.74, 6) is -0.847. The van der Waals surface area contributed by atoms with Crippen molar-refractivity contribution in [1.29, 1.82) is 0 Å². The lowest BCUT2D eigenvalue weighted by atomic mass is 9.97. The highest BCUT2D eigenvalue weighted by Gasteiger charge is 2.50. The van der Waals surface area contributed by atoms with E-state index in [-0.39, 0.29) is 0 Å². The average molecular weight is 399 g/mol. The van der Waals surface area contributed by atoms with Gasteiger partial charge in [-0.2, -0.15) is 0 Å². The zero-order valence-corrected chi connectivity index (χ0v) is 14.1. The Morgan fingerprint density at radius 1 is 0.815 bits per heavy atom. The van der Waals surface area contributed by atoms with E-state index in [1.165, 1.54) is 0 Å². The van der Waals surface area contributed by atoms with E-state index in [0.717, 1.165) is 0 Å². The zero-order chi connectivity index (χ0) is 20.3. The van der Waals surface area contributed by atoms with Crippen LogP contribution in [0, 0.1) is 0 Å². The smallest absolute Gasteiger partial charge is 0.243 e. The molecule has 27 heavy (non-hydrogen) atoms. The first-order chi connectivity index (χ1) is 12.7. The van der Waals surface area contributed by atoms with Gasteiger partial charge in [-0.3, -0.25) is 4.79 Å². The van der Waals surface area contributed by atoms with Gasteiger partial charge in [0.05, 0.1) is 13.2 Å². The molecule has 0 aromatic carbocycles. The number of carbonyl (C=O) groups excluding carboxylic acids is 1. The molecule has 0 aromatic rings. The van der Waals surface area contributed by atoms with Crippen molar-refractivity contribution in [3.05, 3.63) is 0 Å². The van der Waals surface area contributed by atoms with E-state index < -0.39 is 87.1 Å². The number of amides is 1. The number of hydrogen-bond acceptors (Lipinski definition) is 12. The van der Waals surface area contributed by atoms with Gasteiger partial charge in [-0.1, -0.05) is 0 Å². The Morgan fingerprint density at radius 3 is 1.93 bits per heavy atom. The van der Waals surface area contributed by atoms with Crippen molar-refractivity contribution >= 4 is 5.91 Å². The van der Waals surface area contributed by atoms with Crippen molar-refractivity contribution in [2.75, 3.05) is 19.8 Å². The molecule has 1 amide bonds. The number of carbonyl (C=O) groups is 1. The molecule has 0 bridgehead atoms. The summed E-state index contributed by atoms with van der Waals surface area (Å²) in [6.45, 7) is -2.00. The topological polar surface area (TPSA) is 222 Å². The second-order valence-electron chi connectivity index (χ2n) is 6.28. The highest BCUT2D eigenvalue weighted by atomic mass is 16.7. The number of rotatable bonds is 7. The normalized spacial score (nSPS) is 45.6. The molecule has 0 aliphatic carbocycles. The summed E-state index contributed by atoms with van der Waals surface area (Å²) < 4.78 is 20.7. The standard InChI is InChI=1S/C14H25NO12/c15-6(18)3-24-13-11(23)9(21)12(5(2-17)26-13)27-14-10(22)8(20)7(19)4(1-16)25-14/h4-5,7-14,16-17,19-23H,1-3H2,(H2,15,18)/t4-,5-,7-,8+,9-,10-,11-,12-,13-,14+/m1/s1. The summed E-state index contributed by atoms with van der Waals surface area (Å²) in [5, 5.41) is 68.5. The van der Waals surface area contributed by atoms with Crippen LogP contribution in [0.3, 0.4) is 0 Å². The van der Waals surface area contributed by atoms with Crippen LogP contribution in [0.25, 0.3) is 0 Å². The third-order valence-corrected chi connectivity index (χ3v) is 4.35. The van der Waals surface area contributed by atoms with Gasteiger partial charge in [0.1, 0.15) is 55.4 Å². The highest BCUT2D eigenvalue weighted by Crippen LogP contribution is 2.29. The molecule has 10 atom stereocenters. The lowest BCUT2D eigenvalue weighted by Crippen LogP contribution is -2.64. The van der Waals surface area contributed by atoms with Gasteiger partial charge in [0.25, 0.3) is 0 Å². The molecule has 13 nitrogen and oxygen atoms in total. The van der Waals surface area contributed by atoms with Crippen LogP contribution >= 0.6 is 0 Å². The van der Waals surface area contributed by atoms with E-state index in [0.29, 0.717) is 0 Å². The van der Waals surface area contributed by atoms with Crippen molar-refractivity contribution in [2.24, 2.45) is 5.73 Å². The maximum Gasteiger partial charge on any atom is 0.243 e. The van der Waals surface area contributed by atoms with Crippen molar-refractivity contribution in [2.45, 2.75) is 61.4 Å². The van der Waals surface area contributed by atoms with Gasteiger partial charge in [-0.05, 0) is 0 Å². The first-order valence-electron chi connectivity index (χ1n) is 8.19. The first kappa shape index (κ1) is 22.3. The molecule has 0 radical (unpaired) electrons. The van der Waals surface area contributed by atoms with Crippen LogP contribution in [-0.2, 0) is 23.7 Å². The van der Waals surface area contributed by atoms with E-state index >= 15 is 0 Å². The van der Waals surface area contributed by atoms with Crippen LogP contribution in [0.4, 0.5) is 0 Å². The second kappa shape index (κ2) is 9.49. The molecule has 2 rings (SSSR count). The number of nitrogens with two attached hydrogens (primary N) is 1. The van der Waals surface area contributed by atoms with Crippen LogP contribution in [0.2, 0.25) is 0 Å². The van der Waals surface area contributed by atoms with Crippen molar-refractivity contribution in [3.63, 3.8) is 0 Å². The van der Waals surface area contributed by atoms with Crippen LogP contribution in [0.1, 0.15) is 0 Å². The summed E-state index contributed by atoms with van der Waals surface area (Å²) >= 11 is 0. The van der Waals surface area contributed by atoms with Crippen molar-refractivity contribution in [3.8, 4) is 0 Å². The van der Waals surface area contributed by atoms with Gasteiger partial charge < -0.3 is 60.4 Å². The Bertz CT molecular complexity index is 491. The molecule has 2 aliphatic rings. The number of primary amides is 1. The third kappa shape index (κ3) is 4.90. The van der Waals surface area contributed by atoms with Crippen LogP contribution in [0.5, 0.6) is 0 Å². The fraction of sp³-hybridized carbons (Fsp3) is 0.929. The predicted molar refractivity (Wildman–Crippen MR) is 81.5 cm³/mol. The molecule has 9 N–H and O–H groups in total. The minimum Gasteiger partial charge on any atom is -0.394 e. The van der Waals surface area contributed by atoms with Crippen LogP contribution in [-0.4, -0.2) is 123 Å². The van der Waals surface area contributed by atoms with E-state index in [9.17, 15) is 40.5 Å². The van der Waals surface area contributed by atoms with Gasteiger partial charge in [-0.15, -0.1) is 0 Å². The quantitative estimate of drug-likeness (QED) is 0.200. The summed E-state index contributed by atoms with van der Waals surface area (Å²) in [5.41, 5.74) is 4.93. The third-order valence-electron chi connectivity index (χ3n) is 4.35. The Morgan fingerprint density at radius 2 is 1.37 bits per heavy atom.